The second kappa shape index (κ2) is 10.3. The minimum Gasteiger partial charge on any atom is -0.352 e. The fourth-order valence-corrected chi connectivity index (χ4v) is 4.76. The molecule has 2 aromatic carbocycles. The van der Waals surface area contributed by atoms with Gasteiger partial charge >= 0.3 is 0 Å². The molecular formula is C24H24ClN7OS. The van der Waals surface area contributed by atoms with Gasteiger partial charge in [0.1, 0.15) is 5.82 Å². The summed E-state index contributed by atoms with van der Waals surface area (Å²) in [6.07, 6.45) is 3.81. The zero-order chi connectivity index (χ0) is 23.3. The summed E-state index contributed by atoms with van der Waals surface area (Å²) in [5.74, 6) is 1.40. The van der Waals surface area contributed by atoms with Crippen molar-refractivity contribution in [2.45, 2.75) is 12.8 Å². The molecule has 0 unspecified atom stereocenters. The van der Waals surface area contributed by atoms with Crippen LogP contribution in [0.5, 0.6) is 0 Å². The highest BCUT2D eigenvalue weighted by atomic mass is 35.5. The van der Waals surface area contributed by atoms with Crippen molar-refractivity contribution in [1.29, 1.82) is 0 Å². The third-order valence-corrected chi connectivity index (χ3v) is 6.87. The van der Waals surface area contributed by atoms with Crippen LogP contribution in [0.3, 0.4) is 0 Å². The molecule has 8 nitrogen and oxygen atoms in total. The third kappa shape index (κ3) is 5.44. The molecule has 174 valence electrons. The van der Waals surface area contributed by atoms with Crippen LogP contribution in [-0.2, 0) is 0 Å². The lowest BCUT2D eigenvalue weighted by atomic mass is 9.98. The number of anilines is 4. The number of fused-ring (bicyclic) bond motifs is 1. The maximum atomic E-state index is 12.7. The normalized spacial score (nSPS) is 14.1. The minimum atomic E-state index is -0.118. The first-order valence-corrected chi connectivity index (χ1v) is 12.4. The van der Waals surface area contributed by atoms with E-state index < -0.39 is 0 Å². The smallest absolute Gasteiger partial charge is 0.251 e. The summed E-state index contributed by atoms with van der Waals surface area (Å²) in [7, 11) is 0. The molecule has 1 aliphatic rings. The number of benzene rings is 2. The quantitative estimate of drug-likeness (QED) is 0.288. The number of halogens is 1. The molecule has 1 saturated heterocycles. The van der Waals surface area contributed by atoms with E-state index in [1.165, 1.54) is 0 Å². The summed E-state index contributed by atoms with van der Waals surface area (Å²) in [6.45, 7) is 2.68. The van der Waals surface area contributed by atoms with Gasteiger partial charge in [-0.2, -0.15) is 4.98 Å². The van der Waals surface area contributed by atoms with Crippen LogP contribution in [0.15, 0.2) is 54.2 Å². The summed E-state index contributed by atoms with van der Waals surface area (Å²) >= 11 is 7.97. The van der Waals surface area contributed by atoms with Crippen LogP contribution < -0.4 is 21.3 Å². The largest absolute Gasteiger partial charge is 0.352 e. The summed E-state index contributed by atoms with van der Waals surface area (Å²) < 4.78 is 1.10. The zero-order valence-corrected chi connectivity index (χ0v) is 19.9. The Hall–Kier alpha value is -3.27. The van der Waals surface area contributed by atoms with Crippen molar-refractivity contribution in [2.75, 3.05) is 30.3 Å². The molecular weight excluding hydrogens is 470 g/mol. The lowest BCUT2D eigenvalue weighted by molar-refractivity contribution is 0.0944. The number of nitrogens with one attached hydrogen (secondary N) is 4. The fraction of sp³-hybridized carbons (Fsp3) is 0.250. The molecule has 1 amide bonds. The Morgan fingerprint density at radius 3 is 2.85 bits per heavy atom. The van der Waals surface area contributed by atoms with E-state index in [9.17, 15) is 4.79 Å². The number of hydrogen-bond acceptors (Lipinski definition) is 8. The van der Waals surface area contributed by atoms with E-state index in [0.29, 0.717) is 40.5 Å². The predicted molar refractivity (Wildman–Crippen MR) is 138 cm³/mol. The molecule has 4 N–H and O–H groups in total. The third-order valence-electron chi connectivity index (χ3n) is 5.74. The maximum absolute atomic E-state index is 12.7. The van der Waals surface area contributed by atoms with Crippen LogP contribution in [0.1, 0.15) is 23.2 Å². The van der Waals surface area contributed by atoms with Gasteiger partial charge in [0, 0.05) is 24.0 Å². The van der Waals surface area contributed by atoms with Crippen LogP contribution >= 0.6 is 22.9 Å². The highest BCUT2D eigenvalue weighted by Gasteiger charge is 2.15. The average Bonchev–Trinajstić information content (AvgIpc) is 3.33. The molecule has 0 atom stereocenters. The molecule has 34 heavy (non-hydrogen) atoms. The summed E-state index contributed by atoms with van der Waals surface area (Å²) in [6, 6.07) is 12.9. The van der Waals surface area contributed by atoms with Gasteiger partial charge in [-0.05, 0) is 74.3 Å². The highest BCUT2D eigenvalue weighted by Crippen LogP contribution is 2.27. The first-order valence-electron chi connectivity index (χ1n) is 11.1. The SMILES string of the molecule is O=C(NCC1CCNCC1)c1ccc(Cl)c(Nc2nccc(Nc3ccc4ncsc4c3)n2)c1. The Kier molecular flexibility index (Phi) is 6.84. The average molecular weight is 494 g/mol. The number of nitrogens with zero attached hydrogens (tertiary/aromatic N) is 3. The summed E-state index contributed by atoms with van der Waals surface area (Å²) in [4.78, 5) is 25.8. The van der Waals surface area contributed by atoms with Crippen molar-refractivity contribution in [3.63, 3.8) is 0 Å². The van der Waals surface area contributed by atoms with Crippen LogP contribution in [-0.4, -0.2) is 40.5 Å². The van der Waals surface area contributed by atoms with Crippen molar-refractivity contribution in [1.82, 2.24) is 25.6 Å². The summed E-state index contributed by atoms with van der Waals surface area (Å²) in [5.41, 5.74) is 4.81. The number of rotatable bonds is 7. The molecule has 0 saturated carbocycles. The van der Waals surface area contributed by atoms with Crippen LogP contribution in [0.4, 0.5) is 23.1 Å². The molecule has 0 aliphatic carbocycles. The van der Waals surface area contributed by atoms with Crippen molar-refractivity contribution < 1.29 is 4.79 Å². The Bertz CT molecular complexity index is 1310. The van der Waals surface area contributed by atoms with Crippen molar-refractivity contribution in [3.8, 4) is 0 Å². The first-order chi connectivity index (χ1) is 16.6. The second-order valence-electron chi connectivity index (χ2n) is 8.15. The van der Waals surface area contributed by atoms with Gasteiger partial charge in [0.15, 0.2) is 0 Å². The molecule has 0 bridgehead atoms. The second-order valence-corrected chi connectivity index (χ2v) is 9.44. The Morgan fingerprint density at radius 1 is 1.09 bits per heavy atom. The van der Waals surface area contributed by atoms with E-state index in [0.717, 1.165) is 41.8 Å². The predicted octanol–water partition coefficient (Wildman–Crippen LogP) is 4.96. The number of hydrogen-bond donors (Lipinski definition) is 4. The lowest BCUT2D eigenvalue weighted by Crippen LogP contribution is -2.35. The van der Waals surface area contributed by atoms with Gasteiger partial charge in [-0.1, -0.05) is 11.6 Å². The van der Waals surface area contributed by atoms with Crippen LogP contribution in [0.25, 0.3) is 10.2 Å². The molecule has 3 heterocycles. The molecule has 2 aromatic heterocycles. The van der Waals surface area contributed by atoms with Gasteiger partial charge in [-0.3, -0.25) is 4.79 Å². The number of carbonyl (C=O) groups is 1. The summed E-state index contributed by atoms with van der Waals surface area (Å²) in [5, 5.41) is 13.3. The molecule has 1 aliphatic heterocycles. The Balaban J connectivity index is 1.26. The maximum Gasteiger partial charge on any atom is 0.251 e. The highest BCUT2D eigenvalue weighted by molar-refractivity contribution is 7.16. The monoisotopic (exact) mass is 493 g/mol. The number of thiazole rings is 1. The zero-order valence-electron chi connectivity index (χ0n) is 18.3. The van der Waals surface area contributed by atoms with E-state index >= 15 is 0 Å². The van der Waals surface area contributed by atoms with E-state index in [-0.39, 0.29) is 5.91 Å². The van der Waals surface area contributed by atoms with Gasteiger partial charge < -0.3 is 21.3 Å². The van der Waals surface area contributed by atoms with E-state index in [1.807, 2.05) is 23.7 Å². The van der Waals surface area contributed by atoms with E-state index in [4.69, 9.17) is 11.6 Å². The van der Waals surface area contributed by atoms with Crippen molar-refractivity contribution >= 4 is 62.2 Å². The Morgan fingerprint density at radius 2 is 1.97 bits per heavy atom. The minimum absolute atomic E-state index is 0.118. The molecule has 0 spiro atoms. The Labute approximate surface area is 206 Å². The fourth-order valence-electron chi connectivity index (χ4n) is 3.88. The lowest BCUT2D eigenvalue weighted by Gasteiger charge is -2.22. The number of piperidine rings is 1. The standard InChI is InChI=1S/C24H24ClN7OS/c25-18-3-1-16(23(33)28-13-15-5-8-26-9-6-15)11-20(18)31-24-27-10-7-22(32-24)30-17-2-4-19-21(12-17)34-14-29-19/h1-4,7,10-12,14-15,26H,5-6,8-9,13H2,(H,28,33)(H2,27,30,31,32). The molecule has 0 radical (unpaired) electrons. The molecule has 5 rings (SSSR count). The molecule has 10 heteroatoms. The molecule has 4 aromatic rings. The van der Waals surface area contributed by atoms with E-state index in [1.54, 1.807) is 41.8 Å². The topological polar surface area (TPSA) is 104 Å². The van der Waals surface area contributed by atoms with Gasteiger partial charge in [0.05, 0.1) is 26.4 Å². The van der Waals surface area contributed by atoms with Gasteiger partial charge in [0.25, 0.3) is 5.91 Å². The number of amides is 1. The van der Waals surface area contributed by atoms with Crippen LogP contribution in [0, 0.1) is 5.92 Å². The van der Waals surface area contributed by atoms with Crippen molar-refractivity contribution in [3.05, 3.63) is 64.8 Å². The van der Waals surface area contributed by atoms with Gasteiger partial charge in [0.2, 0.25) is 5.95 Å². The first kappa shape index (κ1) is 22.5. The van der Waals surface area contributed by atoms with E-state index in [2.05, 4.69) is 36.2 Å². The van der Waals surface area contributed by atoms with Crippen molar-refractivity contribution in [2.24, 2.45) is 5.92 Å². The van der Waals surface area contributed by atoms with Gasteiger partial charge in [-0.25, -0.2) is 9.97 Å². The number of carbonyl (C=O) groups excluding carboxylic acids is 1. The van der Waals surface area contributed by atoms with Gasteiger partial charge in [-0.15, -0.1) is 11.3 Å². The number of aromatic nitrogens is 3. The van der Waals surface area contributed by atoms with Crippen LogP contribution in [0.2, 0.25) is 5.02 Å². The molecule has 1 fully saturated rings.